The van der Waals surface area contributed by atoms with Gasteiger partial charge in [-0.15, -0.1) is 0 Å². The normalized spacial score (nSPS) is 18.8. The molecule has 0 fully saturated rings. The smallest absolute Gasteiger partial charge is 0.127 e. The summed E-state index contributed by atoms with van der Waals surface area (Å²) < 4.78 is 12.9. The topological polar surface area (TPSA) is 18.5 Å². The Kier molecular flexibility index (Phi) is 8.91. The maximum absolute atomic E-state index is 6.58. The maximum atomic E-state index is 6.58. The minimum Gasteiger partial charge on any atom is -0.493 e. The number of hydrogen-bond acceptors (Lipinski definition) is 2. The molecule has 1 aromatic carbocycles. The SMILES string of the molecule is Cc1c(C)c2c(c(C)c1OCCCCCCCCC(C)C)CCC(C)(C(C)C)O2. The van der Waals surface area contributed by atoms with Crippen LogP contribution in [0.2, 0.25) is 0 Å². The second kappa shape index (κ2) is 10.7. The molecule has 0 aromatic heterocycles. The number of rotatable bonds is 11. The fraction of sp³-hybridized carbons (Fsp3) is 0.778. The third kappa shape index (κ3) is 6.15. The Labute approximate surface area is 180 Å². The first-order chi connectivity index (χ1) is 13.7. The van der Waals surface area contributed by atoms with Crippen LogP contribution in [-0.4, -0.2) is 12.2 Å². The fourth-order valence-electron chi connectivity index (χ4n) is 4.41. The van der Waals surface area contributed by atoms with Crippen molar-refractivity contribution in [2.45, 2.75) is 119 Å². The Balaban J connectivity index is 1.89. The zero-order valence-electron chi connectivity index (χ0n) is 20.5. The van der Waals surface area contributed by atoms with Crippen LogP contribution in [0.4, 0.5) is 0 Å². The van der Waals surface area contributed by atoms with E-state index in [-0.39, 0.29) is 5.60 Å². The molecular weight excluding hydrogens is 356 g/mol. The third-order valence-electron chi connectivity index (χ3n) is 7.16. The molecule has 0 spiro atoms. The first-order valence-corrected chi connectivity index (χ1v) is 12.1. The molecule has 166 valence electrons. The highest BCUT2D eigenvalue weighted by molar-refractivity contribution is 5.59. The number of ether oxygens (including phenoxy) is 2. The largest absolute Gasteiger partial charge is 0.493 e. The molecule has 2 rings (SSSR count). The molecule has 1 atom stereocenters. The van der Waals surface area contributed by atoms with E-state index < -0.39 is 0 Å². The van der Waals surface area contributed by atoms with Crippen LogP contribution in [0.1, 0.15) is 108 Å². The van der Waals surface area contributed by atoms with Crippen molar-refractivity contribution in [1.82, 2.24) is 0 Å². The maximum Gasteiger partial charge on any atom is 0.127 e. The average Bonchev–Trinajstić information content (AvgIpc) is 2.66. The molecule has 0 saturated heterocycles. The average molecular weight is 403 g/mol. The number of fused-ring (bicyclic) bond motifs is 1. The van der Waals surface area contributed by atoms with E-state index in [4.69, 9.17) is 9.47 Å². The van der Waals surface area contributed by atoms with E-state index in [2.05, 4.69) is 55.4 Å². The minimum atomic E-state index is -0.0613. The summed E-state index contributed by atoms with van der Waals surface area (Å²) in [6.45, 7) is 18.9. The predicted molar refractivity (Wildman–Crippen MR) is 125 cm³/mol. The van der Waals surface area contributed by atoms with E-state index in [0.717, 1.165) is 43.3 Å². The Morgan fingerprint density at radius 1 is 0.862 bits per heavy atom. The van der Waals surface area contributed by atoms with Crippen molar-refractivity contribution in [3.05, 3.63) is 22.3 Å². The number of hydrogen-bond donors (Lipinski definition) is 0. The lowest BCUT2D eigenvalue weighted by molar-refractivity contribution is 0.0190. The summed E-state index contributed by atoms with van der Waals surface area (Å²) in [6.07, 6.45) is 11.5. The molecule has 0 amide bonds. The highest BCUT2D eigenvalue weighted by Crippen LogP contribution is 2.45. The zero-order valence-corrected chi connectivity index (χ0v) is 20.5. The van der Waals surface area contributed by atoms with Crippen LogP contribution in [0.25, 0.3) is 0 Å². The van der Waals surface area contributed by atoms with Crippen molar-refractivity contribution in [3.8, 4) is 11.5 Å². The van der Waals surface area contributed by atoms with Crippen LogP contribution >= 0.6 is 0 Å². The minimum absolute atomic E-state index is 0.0613. The van der Waals surface area contributed by atoms with Gasteiger partial charge in [0.2, 0.25) is 0 Å². The van der Waals surface area contributed by atoms with Crippen LogP contribution in [0.3, 0.4) is 0 Å². The molecule has 1 aliphatic rings. The Hall–Kier alpha value is -1.18. The molecule has 1 unspecified atom stereocenters. The van der Waals surface area contributed by atoms with Crippen molar-refractivity contribution in [3.63, 3.8) is 0 Å². The van der Waals surface area contributed by atoms with Crippen LogP contribution in [0.5, 0.6) is 11.5 Å². The van der Waals surface area contributed by atoms with E-state index >= 15 is 0 Å². The van der Waals surface area contributed by atoms with Gasteiger partial charge in [-0.3, -0.25) is 0 Å². The summed E-state index contributed by atoms with van der Waals surface area (Å²) in [6, 6.07) is 0. The van der Waals surface area contributed by atoms with E-state index in [9.17, 15) is 0 Å². The van der Waals surface area contributed by atoms with Gasteiger partial charge in [0.25, 0.3) is 0 Å². The molecule has 1 aliphatic heterocycles. The molecule has 0 aliphatic carbocycles. The lowest BCUT2D eigenvalue weighted by Crippen LogP contribution is -2.41. The van der Waals surface area contributed by atoms with E-state index in [0.29, 0.717) is 5.92 Å². The molecular formula is C27H46O2. The molecule has 0 bridgehead atoms. The van der Waals surface area contributed by atoms with Gasteiger partial charge in [-0.2, -0.15) is 0 Å². The lowest BCUT2D eigenvalue weighted by Gasteiger charge is -2.41. The summed E-state index contributed by atoms with van der Waals surface area (Å²) in [5, 5.41) is 0. The van der Waals surface area contributed by atoms with Crippen molar-refractivity contribution >= 4 is 0 Å². The van der Waals surface area contributed by atoms with E-state index in [1.165, 1.54) is 60.8 Å². The van der Waals surface area contributed by atoms with Gasteiger partial charge >= 0.3 is 0 Å². The van der Waals surface area contributed by atoms with Gasteiger partial charge in [0.1, 0.15) is 17.1 Å². The van der Waals surface area contributed by atoms with Crippen molar-refractivity contribution in [2.75, 3.05) is 6.61 Å². The quantitative estimate of drug-likeness (QED) is 0.348. The highest BCUT2D eigenvalue weighted by Gasteiger charge is 2.37. The Bertz CT molecular complexity index is 659. The summed E-state index contributed by atoms with van der Waals surface area (Å²) >= 11 is 0. The molecule has 2 nitrogen and oxygen atoms in total. The summed E-state index contributed by atoms with van der Waals surface area (Å²) in [4.78, 5) is 0. The molecule has 29 heavy (non-hydrogen) atoms. The third-order valence-corrected chi connectivity index (χ3v) is 7.16. The highest BCUT2D eigenvalue weighted by atomic mass is 16.5. The first-order valence-electron chi connectivity index (χ1n) is 12.1. The molecule has 1 aromatic rings. The Morgan fingerprint density at radius 2 is 1.48 bits per heavy atom. The second-order valence-electron chi connectivity index (χ2n) is 10.2. The van der Waals surface area contributed by atoms with E-state index in [1.54, 1.807) is 0 Å². The molecule has 0 saturated carbocycles. The molecule has 0 radical (unpaired) electrons. The zero-order chi connectivity index (χ0) is 21.6. The van der Waals surface area contributed by atoms with Crippen LogP contribution in [0, 0.1) is 32.6 Å². The van der Waals surface area contributed by atoms with Gasteiger partial charge in [-0.1, -0.05) is 66.2 Å². The van der Waals surface area contributed by atoms with Crippen LogP contribution in [-0.2, 0) is 6.42 Å². The molecule has 1 heterocycles. The van der Waals surface area contributed by atoms with Crippen molar-refractivity contribution in [2.24, 2.45) is 11.8 Å². The molecule has 2 heteroatoms. The second-order valence-corrected chi connectivity index (χ2v) is 10.2. The molecule has 0 N–H and O–H groups in total. The number of unbranched alkanes of at least 4 members (excludes halogenated alkanes) is 5. The summed E-state index contributed by atoms with van der Waals surface area (Å²) in [7, 11) is 0. The predicted octanol–water partition coefficient (Wildman–Crippen LogP) is 8.12. The summed E-state index contributed by atoms with van der Waals surface area (Å²) in [5.41, 5.74) is 5.11. The van der Waals surface area contributed by atoms with E-state index in [1.807, 2.05) is 0 Å². The van der Waals surface area contributed by atoms with Gasteiger partial charge in [-0.05, 0) is 75.5 Å². The van der Waals surface area contributed by atoms with Crippen LogP contribution in [0.15, 0.2) is 0 Å². The summed E-state index contributed by atoms with van der Waals surface area (Å²) in [5.74, 6) is 3.59. The van der Waals surface area contributed by atoms with Gasteiger partial charge in [0.05, 0.1) is 6.61 Å². The standard InChI is InChI=1S/C27H46O2/c1-19(2)15-13-11-9-10-12-14-18-28-25-21(5)22(6)26-24(23(25)7)16-17-27(8,29-26)20(3)4/h19-20H,9-18H2,1-8H3. The van der Waals surface area contributed by atoms with Crippen LogP contribution < -0.4 is 9.47 Å². The fourth-order valence-corrected chi connectivity index (χ4v) is 4.41. The van der Waals surface area contributed by atoms with Gasteiger partial charge < -0.3 is 9.47 Å². The van der Waals surface area contributed by atoms with Gasteiger partial charge in [-0.25, -0.2) is 0 Å². The number of benzene rings is 1. The first kappa shape index (κ1) is 24.1. The van der Waals surface area contributed by atoms with Crippen molar-refractivity contribution < 1.29 is 9.47 Å². The van der Waals surface area contributed by atoms with Gasteiger partial charge in [0.15, 0.2) is 0 Å². The van der Waals surface area contributed by atoms with Crippen molar-refractivity contribution in [1.29, 1.82) is 0 Å². The lowest BCUT2D eigenvalue weighted by atomic mass is 9.81. The van der Waals surface area contributed by atoms with Gasteiger partial charge in [0, 0.05) is 5.56 Å². The Morgan fingerprint density at radius 3 is 2.10 bits per heavy atom. The monoisotopic (exact) mass is 402 g/mol.